The number of benzene rings is 1. The van der Waals surface area contributed by atoms with Gasteiger partial charge in [-0.15, -0.1) is 0 Å². The summed E-state index contributed by atoms with van der Waals surface area (Å²) in [4.78, 5) is 2.30. The standard InChI is InChI=1S/C12H18ClNS/c1-14(8-4-5-9-15)10-11-6-2-3-7-12(11)13/h2-3,6-7,15H,4-5,8-10H2,1H3. The van der Waals surface area contributed by atoms with Gasteiger partial charge in [0.1, 0.15) is 0 Å². The van der Waals surface area contributed by atoms with Gasteiger partial charge in [-0.2, -0.15) is 12.6 Å². The van der Waals surface area contributed by atoms with Gasteiger partial charge in [-0.25, -0.2) is 0 Å². The van der Waals surface area contributed by atoms with Crippen LogP contribution in [0.2, 0.25) is 5.02 Å². The van der Waals surface area contributed by atoms with Crippen molar-refractivity contribution in [1.29, 1.82) is 0 Å². The van der Waals surface area contributed by atoms with Crippen LogP contribution in [-0.4, -0.2) is 24.2 Å². The van der Waals surface area contributed by atoms with Crippen LogP contribution in [0.4, 0.5) is 0 Å². The van der Waals surface area contributed by atoms with Crippen molar-refractivity contribution in [3.63, 3.8) is 0 Å². The quantitative estimate of drug-likeness (QED) is 0.592. The highest BCUT2D eigenvalue weighted by molar-refractivity contribution is 7.80. The minimum atomic E-state index is 0.860. The fourth-order valence-corrected chi connectivity index (χ4v) is 1.91. The van der Waals surface area contributed by atoms with Gasteiger partial charge in [0.2, 0.25) is 0 Å². The molecule has 1 nitrogen and oxygen atoms in total. The zero-order valence-corrected chi connectivity index (χ0v) is 10.8. The number of rotatable bonds is 6. The van der Waals surface area contributed by atoms with Crippen molar-refractivity contribution in [3.05, 3.63) is 34.9 Å². The molecule has 0 aliphatic heterocycles. The minimum Gasteiger partial charge on any atom is -0.302 e. The molecule has 0 saturated heterocycles. The Morgan fingerprint density at radius 2 is 2.00 bits per heavy atom. The van der Waals surface area contributed by atoms with Gasteiger partial charge in [-0.05, 0) is 43.8 Å². The van der Waals surface area contributed by atoms with Crippen molar-refractivity contribution < 1.29 is 0 Å². The third-order valence-corrected chi connectivity index (χ3v) is 3.03. The van der Waals surface area contributed by atoms with Crippen LogP contribution in [0.3, 0.4) is 0 Å². The normalized spacial score (nSPS) is 10.9. The zero-order valence-electron chi connectivity index (χ0n) is 9.12. The van der Waals surface area contributed by atoms with Crippen molar-refractivity contribution in [2.24, 2.45) is 0 Å². The van der Waals surface area contributed by atoms with Crippen LogP contribution in [0.1, 0.15) is 18.4 Å². The van der Waals surface area contributed by atoms with Crippen molar-refractivity contribution >= 4 is 24.2 Å². The second-order valence-corrected chi connectivity index (χ2v) is 4.61. The monoisotopic (exact) mass is 243 g/mol. The van der Waals surface area contributed by atoms with E-state index in [0.29, 0.717) is 0 Å². The van der Waals surface area contributed by atoms with E-state index < -0.39 is 0 Å². The molecule has 15 heavy (non-hydrogen) atoms. The summed E-state index contributed by atoms with van der Waals surface area (Å²) in [5, 5.41) is 0.860. The molecule has 0 radical (unpaired) electrons. The first-order chi connectivity index (χ1) is 7.24. The molecule has 3 heteroatoms. The average molecular weight is 244 g/mol. The maximum atomic E-state index is 6.09. The molecule has 0 aliphatic carbocycles. The van der Waals surface area contributed by atoms with E-state index in [4.69, 9.17) is 11.6 Å². The molecule has 0 heterocycles. The lowest BCUT2D eigenvalue weighted by Gasteiger charge is -2.17. The molecule has 0 aromatic heterocycles. The summed E-state index contributed by atoms with van der Waals surface area (Å²) >= 11 is 10.3. The fourth-order valence-electron chi connectivity index (χ4n) is 1.49. The number of unbranched alkanes of at least 4 members (excludes halogenated alkanes) is 1. The number of hydrogen-bond donors (Lipinski definition) is 1. The van der Waals surface area contributed by atoms with Gasteiger partial charge >= 0.3 is 0 Å². The number of thiol groups is 1. The molecule has 0 fully saturated rings. The van der Waals surface area contributed by atoms with Gasteiger partial charge in [0.15, 0.2) is 0 Å². The lowest BCUT2D eigenvalue weighted by atomic mass is 10.2. The third-order valence-electron chi connectivity index (χ3n) is 2.35. The molecule has 1 rings (SSSR count). The predicted octanol–water partition coefficient (Wildman–Crippen LogP) is 3.48. The Kier molecular flexibility index (Phi) is 6.15. The van der Waals surface area contributed by atoms with Crippen molar-refractivity contribution in [1.82, 2.24) is 4.90 Å². The molecule has 0 unspecified atom stereocenters. The van der Waals surface area contributed by atoms with E-state index in [-0.39, 0.29) is 0 Å². The van der Waals surface area contributed by atoms with Crippen molar-refractivity contribution in [3.8, 4) is 0 Å². The highest BCUT2D eigenvalue weighted by Gasteiger charge is 2.02. The van der Waals surface area contributed by atoms with Crippen molar-refractivity contribution in [2.45, 2.75) is 19.4 Å². The molecule has 0 atom stereocenters. The molecule has 1 aromatic carbocycles. The van der Waals surface area contributed by atoms with E-state index in [2.05, 4.69) is 30.6 Å². The lowest BCUT2D eigenvalue weighted by molar-refractivity contribution is 0.321. The SMILES string of the molecule is CN(CCCCS)Cc1ccccc1Cl. The topological polar surface area (TPSA) is 3.24 Å². The first kappa shape index (κ1) is 12.9. The van der Waals surface area contributed by atoms with Gasteiger partial charge in [-0.3, -0.25) is 0 Å². The average Bonchev–Trinajstić information content (AvgIpc) is 2.22. The van der Waals surface area contributed by atoms with Gasteiger partial charge in [0, 0.05) is 11.6 Å². The Morgan fingerprint density at radius 3 is 2.67 bits per heavy atom. The summed E-state index contributed by atoms with van der Waals surface area (Å²) in [6.07, 6.45) is 2.38. The first-order valence-electron chi connectivity index (χ1n) is 5.27. The molecule has 0 aliphatic rings. The van der Waals surface area contributed by atoms with E-state index in [1.165, 1.54) is 18.4 Å². The zero-order chi connectivity index (χ0) is 11.1. The smallest absolute Gasteiger partial charge is 0.0451 e. The molecule has 0 spiro atoms. The summed E-state index contributed by atoms with van der Waals surface area (Å²) < 4.78 is 0. The molecule has 0 saturated carbocycles. The number of halogens is 1. The first-order valence-corrected chi connectivity index (χ1v) is 6.28. The van der Waals surface area contributed by atoms with Crippen LogP contribution in [-0.2, 0) is 6.54 Å². The van der Waals surface area contributed by atoms with Gasteiger partial charge in [0.25, 0.3) is 0 Å². The van der Waals surface area contributed by atoms with Crippen LogP contribution in [0.5, 0.6) is 0 Å². The highest BCUT2D eigenvalue weighted by atomic mass is 35.5. The van der Waals surface area contributed by atoms with Crippen LogP contribution in [0.15, 0.2) is 24.3 Å². The Hall–Kier alpha value is -0.180. The summed E-state index contributed by atoms with van der Waals surface area (Å²) in [7, 11) is 2.13. The second-order valence-electron chi connectivity index (χ2n) is 3.76. The molecule has 1 aromatic rings. The molecular weight excluding hydrogens is 226 g/mol. The lowest BCUT2D eigenvalue weighted by Crippen LogP contribution is -2.19. The van der Waals surface area contributed by atoms with E-state index >= 15 is 0 Å². The van der Waals surface area contributed by atoms with E-state index in [1.807, 2.05) is 18.2 Å². The van der Waals surface area contributed by atoms with Crippen LogP contribution >= 0.6 is 24.2 Å². The predicted molar refractivity (Wildman–Crippen MR) is 70.9 cm³/mol. The summed E-state index contributed by atoms with van der Waals surface area (Å²) in [5.74, 6) is 0.972. The van der Waals surface area contributed by atoms with E-state index in [1.54, 1.807) is 0 Å². The molecule has 0 amide bonds. The Labute approximate surface area is 103 Å². The van der Waals surface area contributed by atoms with Crippen LogP contribution in [0.25, 0.3) is 0 Å². The number of hydrogen-bond acceptors (Lipinski definition) is 2. The minimum absolute atomic E-state index is 0.860. The summed E-state index contributed by atoms with van der Waals surface area (Å²) in [5.41, 5.74) is 1.20. The second kappa shape index (κ2) is 7.15. The molecule has 84 valence electrons. The molecule has 0 N–H and O–H groups in total. The van der Waals surface area contributed by atoms with E-state index in [9.17, 15) is 0 Å². The maximum Gasteiger partial charge on any atom is 0.0451 e. The van der Waals surface area contributed by atoms with Gasteiger partial charge in [-0.1, -0.05) is 29.8 Å². The maximum absolute atomic E-state index is 6.09. The largest absolute Gasteiger partial charge is 0.302 e. The highest BCUT2D eigenvalue weighted by Crippen LogP contribution is 2.16. The van der Waals surface area contributed by atoms with E-state index in [0.717, 1.165) is 23.9 Å². The summed E-state index contributed by atoms with van der Waals surface area (Å²) in [6, 6.07) is 8.02. The van der Waals surface area contributed by atoms with Gasteiger partial charge in [0.05, 0.1) is 0 Å². The third kappa shape index (κ3) is 4.92. The molecular formula is C12H18ClNS. The summed E-state index contributed by atoms with van der Waals surface area (Å²) in [6.45, 7) is 2.03. The number of nitrogens with zero attached hydrogens (tertiary/aromatic N) is 1. The Balaban J connectivity index is 2.37. The molecule has 0 bridgehead atoms. The Morgan fingerprint density at radius 1 is 1.27 bits per heavy atom. The van der Waals surface area contributed by atoms with Crippen LogP contribution in [0, 0.1) is 0 Å². The Bertz CT molecular complexity index is 291. The fraction of sp³-hybridized carbons (Fsp3) is 0.500. The van der Waals surface area contributed by atoms with Crippen LogP contribution < -0.4 is 0 Å². The van der Waals surface area contributed by atoms with Crippen molar-refractivity contribution in [2.75, 3.05) is 19.3 Å². The van der Waals surface area contributed by atoms with Gasteiger partial charge < -0.3 is 4.90 Å².